The van der Waals surface area contributed by atoms with Crippen molar-refractivity contribution in [3.05, 3.63) is 20.4 Å². The SMILES string of the molecule is C[C@@]1(O)COCCN(c2nc(OC[C@@]34CCCN3C[C@H](F)C4)nc3sc4c(-c5c(C6(F)CC6)c(Cl)cc6n[nH]c(I)c56)nsc4c23)C1. The molecule has 1 saturated carbocycles. The first-order valence-electron chi connectivity index (χ1n) is 15.8. The summed E-state index contributed by atoms with van der Waals surface area (Å²) in [7, 11) is 0. The first kappa shape index (κ1) is 31.0. The minimum absolute atomic E-state index is 0.204. The number of H-pyrrole nitrogens is 1. The second-order valence-corrected chi connectivity index (χ2v) is 16.9. The van der Waals surface area contributed by atoms with Gasteiger partial charge in [-0.2, -0.15) is 19.4 Å². The predicted octanol–water partition coefficient (Wildman–Crippen LogP) is 6.60. The van der Waals surface area contributed by atoms with E-state index in [1.807, 2.05) is 4.90 Å². The molecular formula is C31H31ClF2IN7O3S2. The van der Waals surface area contributed by atoms with E-state index in [1.54, 1.807) is 13.0 Å². The molecule has 4 fully saturated rings. The van der Waals surface area contributed by atoms with Crippen molar-refractivity contribution in [1.29, 1.82) is 0 Å². The van der Waals surface area contributed by atoms with Crippen molar-refractivity contribution in [3.63, 3.8) is 0 Å². The molecule has 4 aliphatic rings. The second kappa shape index (κ2) is 11.0. The van der Waals surface area contributed by atoms with Crippen LogP contribution in [0.4, 0.5) is 14.6 Å². The lowest BCUT2D eigenvalue weighted by atomic mass is 9.95. The summed E-state index contributed by atoms with van der Waals surface area (Å²) < 4.78 is 50.1. The van der Waals surface area contributed by atoms with Crippen LogP contribution in [0.2, 0.25) is 5.02 Å². The molecule has 1 aliphatic carbocycles. The Kier molecular flexibility index (Phi) is 7.25. The average molecular weight is 814 g/mol. The lowest BCUT2D eigenvalue weighted by molar-refractivity contribution is -0.0123. The first-order chi connectivity index (χ1) is 22.5. The van der Waals surface area contributed by atoms with Crippen molar-refractivity contribution in [2.24, 2.45) is 0 Å². The molecule has 248 valence electrons. The summed E-state index contributed by atoms with van der Waals surface area (Å²) in [5.41, 5.74) is -0.590. The van der Waals surface area contributed by atoms with Gasteiger partial charge >= 0.3 is 6.01 Å². The fourth-order valence-electron chi connectivity index (χ4n) is 7.75. The molecule has 0 unspecified atom stereocenters. The number of β-amino-alcohol motifs (C(OH)–C–C–N with tert-alkyl or cyclic N) is 1. The van der Waals surface area contributed by atoms with Gasteiger partial charge in [0.1, 0.15) is 44.1 Å². The van der Waals surface area contributed by atoms with E-state index < -0.39 is 17.4 Å². The molecule has 0 spiro atoms. The topological polar surface area (TPSA) is 113 Å². The number of anilines is 1. The molecule has 0 bridgehead atoms. The van der Waals surface area contributed by atoms with Crippen LogP contribution in [0.5, 0.6) is 6.01 Å². The first-order valence-corrected chi connectivity index (χ1v) is 18.8. The van der Waals surface area contributed by atoms with Crippen LogP contribution < -0.4 is 9.64 Å². The van der Waals surface area contributed by atoms with Gasteiger partial charge in [0.05, 0.1) is 45.6 Å². The van der Waals surface area contributed by atoms with Crippen molar-refractivity contribution in [1.82, 2.24) is 29.4 Å². The van der Waals surface area contributed by atoms with E-state index in [2.05, 4.69) is 37.7 Å². The monoisotopic (exact) mass is 813 g/mol. The molecule has 3 saturated heterocycles. The van der Waals surface area contributed by atoms with Crippen molar-refractivity contribution >= 4 is 93.4 Å². The van der Waals surface area contributed by atoms with Gasteiger partial charge in [-0.05, 0) is 79.3 Å². The Morgan fingerprint density at radius 2 is 2.09 bits per heavy atom. The standard InChI is InChI=1S/C31H31ClF2IN7O3S2/c1-29(43)12-41(7-8-44-13-29)26-20-23-24(46-27(20)37-28(36-26)45-14-30-3-2-6-42(30)11-15(33)10-30)22(40-47-23)19-18-17(38-39-25(18)35)9-16(32)21(19)31(34)4-5-31/h9,15,43H,2-8,10-14H2,1H3,(H,38,39)/t15-,29+,30+/m1/s1. The van der Waals surface area contributed by atoms with Gasteiger partial charge in [-0.25, -0.2) is 8.78 Å². The largest absolute Gasteiger partial charge is 0.461 e. The van der Waals surface area contributed by atoms with Gasteiger partial charge in [0.2, 0.25) is 0 Å². The third-order valence-corrected chi connectivity index (χ3v) is 13.2. The number of hydrogen-bond donors (Lipinski definition) is 2. The summed E-state index contributed by atoms with van der Waals surface area (Å²) in [6.07, 6.45) is 2.25. The molecule has 0 amide bonds. The number of aromatic nitrogens is 5. The zero-order valence-corrected chi connectivity index (χ0v) is 30.0. The molecule has 5 aromatic rings. The highest BCUT2D eigenvalue weighted by molar-refractivity contribution is 14.1. The number of rotatable bonds is 6. The smallest absolute Gasteiger partial charge is 0.319 e. The Morgan fingerprint density at radius 3 is 2.91 bits per heavy atom. The number of nitrogens with one attached hydrogen (secondary N) is 1. The van der Waals surface area contributed by atoms with E-state index in [0.717, 1.165) is 43.3 Å². The number of thiophene rings is 1. The number of nitrogens with zero attached hydrogens (tertiary/aromatic N) is 6. The van der Waals surface area contributed by atoms with Crippen molar-refractivity contribution in [2.45, 2.75) is 62.0 Å². The highest BCUT2D eigenvalue weighted by atomic mass is 127. The minimum atomic E-state index is -1.52. The molecule has 3 atom stereocenters. The van der Waals surface area contributed by atoms with Gasteiger partial charge in [-0.1, -0.05) is 11.6 Å². The molecular weight excluding hydrogens is 783 g/mol. The van der Waals surface area contributed by atoms with E-state index in [9.17, 15) is 9.50 Å². The third-order valence-electron chi connectivity index (χ3n) is 10.0. The summed E-state index contributed by atoms with van der Waals surface area (Å²) in [6, 6.07) is 1.93. The van der Waals surface area contributed by atoms with Crippen LogP contribution >= 0.6 is 57.1 Å². The molecule has 1 aromatic carbocycles. The number of aromatic amines is 1. The molecule has 9 rings (SSSR count). The van der Waals surface area contributed by atoms with E-state index in [0.29, 0.717) is 90.1 Å². The third kappa shape index (κ3) is 5.04. The number of aliphatic hydroxyl groups is 1. The van der Waals surface area contributed by atoms with E-state index in [4.69, 9.17) is 35.4 Å². The second-order valence-electron chi connectivity index (χ2n) is 13.6. The number of ether oxygens (including phenoxy) is 2. The number of alkyl halides is 2. The van der Waals surface area contributed by atoms with Gasteiger partial charge in [-0.3, -0.25) is 10.00 Å². The lowest BCUT2D eigenvalue weighted by Crippen LogP contribution is -2.43. The van der Waals surface area contributed by atoms with Crippen LogP contribution in [0.25, 0.3) is 41.8 Å². The minimum Gasteiger partial charge on any atom is -0.461 e. The lowest BCUT2D eigenvalue weighted by Gasteiger charge is -2.31. The summed E-state index contributed by atoms with van der Waals surface area (Å²) in [5, 5.41) is 20.5. The van der Waals surface area contributed by atoms with Gasteiger partial charge in [-0.15, -0.1) is 11.3 Å². The average Bonchev–Trinajstić information content (AvgIpc) is 3.40. The molecule has 2 N–H and O–H groups in total. The Labute approximate surface area is 295 Å². The van der Waals surface area contributed by atoms with Gasteiger partial charge in [0, 0.05) is 41.0 Å². The van der Waals surface area contributed by atoms with Crippen LogP contribution in [0, 0.1) is 3.70 Å². The van der Waals surface area contributed by atoms with E-state index in [1.165, 1.54) is 22.9 Å². The molecule has 10 nitrogen and oxygen atoms in total. The van der Waals surface area contributed by atoms with Crippen molar-refractivity contribution < 1.29 is 23.4 Å². The molecule has 16 heteroatoms. The molecule has 7 heterocycles. The Morgan fingerprint density at radius 1 is 1.23 bits per heavy atom. The number of hydrogen-bond acceptors (Lipinski definition) is 11. The Hall–Kier alpha value is -2.02. The highest BCUT2D eigenvalue weighted by Gasteiger charge is 2.50. The number of benzene rings is 1. The molecule has 0 radical (unpaired) electrons. The predicted molar refractivity (Wildman–Crippen MR) is 188 cm³/mol. The van der Waals surface area contributed by atoms with Gasteiger partial charge in [0.25, 0.3) is 0 Å². The number of fused-ring (bicyclic) bond motifs is 5. The maximum atomic E-state index is 16.1. The molecule has 47 heavy (non-hydrogen) atoms. The van der Waals surface area contributed by atoms with E-state index in [-0.39, 0.29) is 18.2 Å². The molecule has 3 aliphatic heterocycles. The highest BCUT2D eigenvalue weighted by Crippen LogP contribution is 2.58. The summed E-state index contributed by atoms with van der Waals surface area (Å²) in [6.45, 7) is 4.76. The van der Waals surface area contributed by atoms with Crippen LogP contribution in [-0.4, -0.2) is 97.9 Å². The van der Waals surface area contributed by atoms with Gasteiger partial charge in [0.15, 0.2) is 0 Å². The quantitative estimate of drug-likeness (QED) is 0.183. The fourth-order valence-corrected chi connectivity index (χ4v) is 11.0. The van der Waals surface area contributed by atoms with Crippen LogP contribution in [-0.2, 0) is 10.4 Å². The van der Waals surface area contributed by atoms with Crippen LogP contribution in [0.3, 0.4) is 0 Å². The summed E-state index contributed by atoms with van der Waals surface area (Å²) >= 11 is 11.7. The van der Waals surface area contributed by atoms with Crippen LogP contribution in [0.15, 0.2) is 6.07 Å². The zero-order valence-electron chi connectivity index (χ0n) is 25.4. The Bertz CT molecular complexity index is 2070. The normalized spacial score (nSPS) is 27.7. The van der Waals surface area contributed by atoms with Crippen molar-refractivity contribution in [2.75, 3.05) is 50.9 Å². The van der Waals surface area contributed by atoms with Gasteiger partial charge < -0.3 is 19.5 Å². The summed E-state index contributed by atoms with van der Waals surface area (Å²) in [5.74, 6) is 0.617. The summed E-state index contributed by atoms with van der Waals surface area (Å²) in [4.78, 5) is 14.8. The fraction of sp³-hybridized carbons (Fsp3) is 0.548. The van der Waals surface area contributed by atoms with Crippen LogP contribution in [0.1, 0.15) is 44.6 Å². The maximum Gasteiger partial charge on any atom is 0.319 e. The number of halogens is 4. The Balaban J connectivity index is 1.22. The molecule has 4 aromatic heterocycles. The zero-order chi connectivity index (χ0) is 32.3. The van der Waals surface area contributed by atoms with Crippen molar-refractivity contribution in [3.8, 4) is 17.3 Å². The van der Waals surface area contributed by atoms with E-state index >= 15 is 4.39 Å². The maximum absolute atomic E-state index is 16.1.